The summed E-state index contributed by atoms with van der Waals surface area (Å²) >= 11 is 1.70. The highest BCUT2D eigenvalue weighted by Crippen LogP contribution is 2.32. The van der Waals surface area contributed by atoms with E-state index in [2.05, 4.69) is 22.4 Å². The van der Waals surface area contributed by atoms with Crippen molar-refractivity contribution in [1.82, 2.24) is 15.3 Å². The predicted molar refractivity (Wildman–Crippen MR) is 83.5 cm³/mol. The quantitative estimate of drug-likeness (QED) is 0.794. The van der Waals surface area contributed by atoms with Crippen molar-refractivity contribution in [2.45, 2.75) is 6.54 Å². The van der Waals surface area contributed by atoms with Gasteiger partial charge in [0.15, 0.2) is 0 Å². The number of aromatic nitrogens is 2. The van der Waals surface area contributed by atoms with Gasteiger partial charge in [-0.15, -0.1) is 11.3 Å². The summed E-state index contributed by atoms with van der Waals surface area (Å²) in [6.45, 7) is 0.814. The van der Waals surface area contributed by atoms with Gasteiger partial charge in [-0.25, -0.2) is 4.98 Å². The minimum absolute atomic E-state index is 0.814. The van der Waals surface area contributed by atoms with Crippen molar-refractivity contribution in [2.75, 3.05) is 7.05 Å². The van der Waals surface area contributed by atoms with Crippen LogP contribution in [-0.2, 0) is 6.54 Å². The summed E-state index contributed by atoms with van der Waals surface area (Å²) < 4.78 is 0. The number of rotatable bonds is 4. The standard InChI is InChI=1S/C16H15N3S/c1-17-11-14-15(12-7-3-2-4-8-12)19-16(20-14)13-9-5-6-10-18-13/h2-10,17H,11H2,1H3. The lowest BCUT2D eigenvalue weighted by molar-refractivity contribution is 0.831. The van der Waals surface area contributed by atoms with Gasteiger partial charge in [-0.05, 0) is 19.2 Å². The summed E-state index contributed by atoms with van der Waals surface area (Å²) in [5, 5.41) is 4.18. The van der Waals surface area contributed by atoms with E-state index in [1.54, 1.807) is 17.5 Å². The normalized spacial score (nSPS) is 10.7. The maximum absolute atomic E-state index is 4.79. The number of nitrogens with zero attached hydrogens (tertiary/aromatic N) is 2. The number of thiazole rings is 1. The van der Waals surface area contributed by atoms with Crippen molar-refractivity contribution in [1.29, 1.82) is 0 Å². The Morgan fingerprint density at radius 1 is 1.05 bits per heavy atom. The Bertz CT molecular complexity index is 677. The monoisotopic (exact) mass is 281 g/mol. The summed E-state index contributed by atoms with van der Waals surface area (Å²) in [7, 11) is 1.95. The molecule has 0 bridgehead atoms. The molecule has 1 N–H and O–H groups in total. The van der Waals surface area contributed by atoms with E-state index >= 15 is 0 Å². The zero-order chi connectivity index (χ0) is 13.8. The Hall–Kier alpha value is -2.04. The molecule has 0 atom stereocenters. The van der Waals surface area contributed by atoms with Crippen LogP contribution in [0, 0.1) is 0 Å². The van der Waals surface area contributed by atoms with Crippen molar-refractivity contribution in [3.8, 4) is 22.0 Å². The summed E-state index contributed by atoms with van der Waals surface area (Å²) in [6, 6.07) is 16.2. The molecular formula is C16H15N3S. The smallest absolute Gasteiger partial charge is 0.142 e. The molecule has 3 aromatic rings. The van der Waals surface area contributed by atoms with E-state index < -0.39 is 0 Å². The highest BCUT2D eigenvalue weighted by molar-refractivity contribution is 7.15. The van der Waals surface area contributed by atoms with Crippen LogP contribution in [0.1, 0.15) is 4.88 Å². The van der Waals surface area contributed by atoms with Crippen LogP contribution in [0.15, 0.2) is 54.7 Å². The number of pyridine rings is 1. The fourth-order valence-electron chi connectivity index (χ4n) is 2.05. The largest absolute Gasteiger partial charge is 0.315 e. The molecule has 2 heterocycles. The molecule has 3 rings (SSSR count). The van der Waals surface area contributed by atoms with Crippen LogP contribution in [-0.4, -0.2) is 17.0 Å². The molecule has 0 spiro atoms. The lowest BCUT2D eigenvalue weighted by Crippen LogP contribution is -2.04. The zero-order valence-corrected chi connectivity index (χ0v) is 12.0. The van der Waals surface area contributed by atoms with Crippen LogP contribution in [0.25, 0.3) is 22.0 Å². The molecule has 100 valence electrons. The number of nitrogens with one attached hydrogen (secondary N) is 1. The van der Waals surface area contributed by atoms with Gasteiger partial charge in [0.1, 0.15) is 5.01 Å². The molecule has 0 amide bonds. The van der Waals surface area contributed by atoms with E-state index in [1.807, 2.05) is 43.4 Å². The minimum atomic E-state index is 0.814. The molecule has 0 unspecified atom stereocenters. The van der Waals surface area contributed by atoms with Crippen LogP contribution < -0.4 is 5.32 Å². The highest BCUT2D eigenvalue weighted by Gasteiger charge is 2.14. The zero-order valence-electron chi connectivity index (χ0n) is 11.2. The number of hydrogen-bond donors (Lipinski definition) is 1. The van der Waals surface area contributed by atoms with E-state index in [1.165, 1.54) is 4.88 Å². The van der Waals surface area contributed by atoms with E-state index in [0.717, 1.165) is 28.5 Å². The second-order valence-corrected chi connectivity index (χ2v) is 5.49. The van der Waals surface area contributed by atoms with E-state index in [0.29, 0.717) is 0 Å². The third-order valence-electron chi connectivity index (χ3n) is 2.97. The van der Waals surface area contributed by atoms with Crippen LogP contribution in [0.3, 0.4) is 0 Å². The van der Waals surface area contributed by atoms with E-state index in [4.69, 9.17) is 4.98 Å². The first-order valence-corrected chi connectivity index (χ1v) is 7.31. The lowest BCUT2D eigenvalue weighted by atomic mass is 10.1. The molecule has 0 radical (unpaired) electrons. The van der Waals surface area contributed by atoms with Gasteiger partial charge in [-0.2, -0.15) is 0 Å². The van der Waals surface area contributed by atoms with Gasteiger partial charge in [-0.1, -0.05) is 36.4 Å². The van der Waals surface area contributed by atoms with Gasteiger partial charge >= 0.3 is 0 Å². The highest BCUT2D eigenvalue weighted by atomic mass is 32.1. The molecule has 2 aromatic heterocycles. The Kier molecular flexibility index (Phi) is 3.85. The molecule has 0 aliphatic carbocycles. The van der Waals surface area contributed by atoms with Gasteiger partial charge < -0.3 is 5.32 Å². The van der Waals surface area contributed by atoms with Crippen molar-refractivity contribution in [3.05, 3.63) is 59.6 Å². The summed E-state index contributed by atoms with van der Waals surface area (Å²) in [6.07, 6.45) is 1.80. The maximum atomic E-state index is 4.79. The van der Waals surface area contributed by atoms with E-state index in [-0.39, 0.29) is 0 Å². The first-order valence-electron chi connectivity index (χ1n) is 6.49. The molecule has 0 saturated heterocycles. The van der Waals surface area contributed by atoms with E-state index in [9.17, 15) is 0 Å². The average molecular weight is 281 g/mol. The minimum Gasteiger partial charge on any atom is -0.315 e. The lowest BCUT2D eigenvalue weighted by Gasteiger charge is -2.00. The molecule has 3 nitrogen and oxygen atoms in total. The third kappa shape index (κ3) is 2.61. The third-order valence-corrected chi connectivity index (χ3v) is 4.04. The Morgan fingerprint density at radius 2 is 1.85 bits per heavy atom. The number of benzene rings is 1. The van der Waals surface area contributed by atoms with Gasteiger partial charge in [0, 0.05) is 23.2 Å². The molecule has 0 saturated carbocycles. The van der Waals surface area contributed by atoms with Gasteiger partial charge in [0.05, 0.1) is 11.4 Å². The first-order chi connectivity index (χ1) is 9.88. The maximum Gasteiger partial charge on any atom is 0.142 e. The summed E-state index contributed by atoms with van der Waals surface area (Å²) in [4.78, 5) is 10.4. The molecule has 20 heavy (non-hydrogen) atoms. The topological polar surface area (TPSA) is 37.8 Å². The fourth-order valence-corrected chi connectivity index (χ4v) is 3.12. The van der Waals surface area contributed by atoms with Crippen molar-refractivity contribution < 1.29 is 0 Å². The number of hydrogen-bond acceptors (Lipinski definition) is 4. The van der Waals surface area contributed by atoms with Crippen molar-refractivity contribution >= 4 is 11.3 Å². The van der Waals surface area contributed by atoms with Crippen molar-refractivity contribution in [3.63, 3.8) is 0 Å². The fraction of sp³-hybridized carbons (Fsp3) is 0.125. The predicted octanol–water partition coefficient (Wildman–Crippen LogP) is 3.59. The van der Waals surface area contributed by atoms with Gasteiger partial charge in [0.25, 0.3) is 0 Å². The molecule has 0 aliphatic rings. The second kappa shape index (κ2) is 5.94. The SMILES string of the molecule is CNCc1sc(-c2ccccn2)nc1-c1ccccc1. The molecule has 0 fully saturated rings. The Labute approximate surface area is 122 Å². The van der Waals surface area contributed by atoms with Crippen molar-refractivity contribution in [2.24, 2.45) is 0 Å². The average Bonchev–Trinajstić information content (AvgIpc) is 2.94. The Balaban J connectivity index is 2.08. The molecule has 1 aromatic carbocycles. The Morgan fingerprint density at radius 3 is 2.55 bits per heavy atom. The van der Waals surface area contributed by atoms with Gasteiger partial charge in [-0.3, -0.25) is 4.98 Å². The van der Waals surface area contributed by atoms with Gasteiger partial charge in [0.2, 0.25) is 0 Å². The second-order valence-electron chi connectivity index (χ2n) is 4.40. The molecule has 4 heteroatoms. The van der Waals surface area contributed by atoms with Crippen LogP contribution in [0.4, 0.5) is 0 Å². The molecule has 0 aliphatic heterocycles. The van der Waals surface area contributed by atoms with Crippen LogP contribution in [0.2, 0.25) is 0 Å². The summed E-state index contributed by atoms with van der Waals surface area (Å²) in [5.41, 5.74) is 3.12. The first kappa shape index (κ1) is 13.0. The van der Waals surface area contributed by atoms with Crippen LogP contribution in [0.5, 0.6) is 0 Å². The van der Waals surface area contributed by atoms with Crippen LogP contribution >= 0.6 is 11.3 Å². The summed E-state index contributed by atoms with van der Waals surface area (Å²) in [5.74, 6) is 0. The molecular weight excluding hydrogens is 266 g/mol.